The average molecular weight is 466 g/mol. The molecule has 2 aromatic rings. The molecule has 0 spiro atoms. The van der Waals surface area contributed by atoms with E-state index >= 15 is 0 Å². The minimum Gasteiger partial charge on any atom is -0.593 e. The molecule has 1 N–H and O–H groups in total. The van der Waals surface area contributed by atoms with Crippen LogP contribution in [0.2, 0.25) is 0 Å². The van der Waals surface area contributed by atoms with E-state index in [1.165, 1.54) is 24.0 Å². The highest BCUT2D eigenvalue weighted by atomic mass is 32.2. The molecular weight excluding hydrogens is 430 g/mol. The number of rotatable bonds is 4. The number of nitrogens with zero attached hydrogens (tertiary/aromatic N) is 2. The van der Waals surface area contributed by atoms with Gasteiger partial charge >= 0.3 is 0 Å². The molecular formula is C27H35N3O2S. The van der Waals surface area contributed by atoms with Crippen molar-refractivity contribution in [3.63, 3.8) is 0 Å². The van der Waals surface area contributed by atoms with Crippen LogP contribution in [0.1, 0.15) is 62.0 Å². The third-order valence-corrected chi connectivity index (χ3v) is 9.42. The van der Waals surface area contributed by atoms with E-state index in [4.69, 9.17) is 0 Å². The number of aryl methyl sites for hydroxylation is 1. The molecule has 5 nitrogen and oxygen atoms in total. The smallest absolute Gasteiger partial charge is 0.257 e. The average Bonchev–Trinajstić information content (AvgIpc) is 3.26. The van der Waals surface area contributed by atoms with Crippen molar-refractivity contribution in [2.45, 2.75) is 58.6 Å². The van der Waals surface area contributed by atoms with Crippen LogP contribution < -0.4 is 14.5 Å². The summed E-state index contributed by atoms with van der Waals surface area (Å²) >= 11 is -1.13. The summed E-state index contributed by atoms with van der Waals surface area (Å²) in [5.74, 6) is 0.657. The second-order valence-electron chi connectivity index (χ2n) is 11.3. The van der Waals surface area contributed by atoms with Gasteiger partial charge in [-0.3, -0.25) is 4.79 Å². The van der Waals surface area contributed by atoms with Gasteiger partial charge in [0.05, 0.1) is 29.2 Å². The van der Waals surface area contributed by atoms with Crippen LogP contribution in [0.15, 0.2) is 36.4 Å². The normalized spacial score (nSPS) is 24.8. The van der Waals surface area contributed by atoms with Gasteiger partial charge in [0, 0.05) is 24.5 Å². The maximum Gasteiger partial charge on any atom is 0.257 e. The van der Waals surface area contributed by atoms with Crippen LogP contribution in [0.5, 0.6) is 0 Å². The summed E-state index contributed by atoms with van der Waals surface area (Å²) in [7, 11) is 0. The molecule has 0 radical (unpaired) electrons. The quantitative estimate of drug-likeness (QED) is 0.622. The number of piperidine rings is 1. The molecule has 5 rings (SSSR count). The largest absolute Gasteiger partial charge is 0.593 e. The Balaban J connectivity index is 1.38. The Bertz CT molecular complexity index is 1100. The second kappa shape index (κ2) is 7.95. The fraction of sp³-hybridized carbons (Fsp3) is 0.519. The lowest BCUT2D eigenvalue weighted by Gasteiger charge is -2.33. The van der Waals surface area contributed by atoms with Crippen LogP contribution in [0.4, 0.5) is 17.1 Å². The lowest BCUT2D eigenvalue weighted by Crippen LogP contribution is -2.42. The van der Waals surface area contributed by atoms with Gasteiger partial charge in [-0.1, -0.05) is 19.1 Å². The Morgan fingerprint density at radius 3 is 2.67 bits per heavy atom. The minimum absolute atomic E-state index is 0.0874. The number of carbonyl (C=O) groups excluding carboxylic acids is 1. The van der Waals surface area contributed by atoms with Crippen LogP contribution >= 0.6 is 0 Å². The zero-order valence-electron chi connectivity index (χ0n) is 20.4. The van der Waals surface area contributed by atoms with Crippen molar-refractivity contribution in [1.82, 2.24) is 0 Å². The van der Waals surface area contributed by atoms with Crippen LogP contribution in [-0.4, -0.2) is 34.8 Å². The number of carbonyl (C=O) groups is 1. The zero-order chi connectivity index (χ0) is 23.5. The van der Waals surface area contributed by atoms with Crippen LogP contribution in [0, 0.1) is 18.3 Å². The topological polar surface area (TPSA) is 58.6 Å². The third-order valence-electron chi connectivity index (χ3n) is 7.59. The monoisotopic (exact) mass is 465 g/mol. The zero-order valence-corrected chi connectivity index (χ0v) is 21.2. The summed E-state index contributed by atoms with van der Waals surface area (Å²) in [6.07, 6.45) is 3.37. The number of hydrogen-bond donors (Lipinski definition) is 1. The van der Waals surface area contributed by atoms with Crippen molar-refractivity contribution >= 4 is 34.3 Å². The van der Waals surface area contributed by atoms with E-state index in [1.807, 2.05) is 49.3 Å². The fourth-order valence-electron chi connectivity index (χ4n) is 5.29. The molecule has 3 atom stereocenters. The lowest BCUT2D eigenvalue weighted by molar-refractivity contribution is 0.102. The highest BCUT2D eigenvalue weighted by Crippen LogP contribution is 2.57. The molecule has 2 aromatic carbocycles. The van der Waals surface area contributed by atoms with Gasteiger partial charge in [-0.05, 0) is 93.7 Å². The van der Waals surface area contributed by atoms with Crippen molar-refractivity contribution in [1.29, 1.82) is 0 Å². The summed E-state index contributed by atoms with van der Waals surface area (Å²) in [6, 6.07) is 12.1. The number of nitrogens with one attached hydrogen (secondary N) is 1. The summed E-state index contributed by atoms with van der Waals surface area (Å²) in [4.78, 5) is 15.8. The highest BCUT2D eigenvalue weighted by Gasteiger charge is 2.52. The van der Waals surface area contributed by atoms with Crippen LogP contribution in [0.25, 0.3) is 0 Å². The van der Waals surface area contributed by atoms with Gasteiger partial charge in [0.15, 0.2) is 0 Å². The molecule has 0 bridgehead atoms. The Kier molecular flexibility index (Phi) is 5.44. The van der Waals surface area contributed by atoms with E-state index in [0.29, 0.717) is 5.41 Å². The molecule has 1 amide bonds. The molecule has 2 heterocycles. The van der Waals surface area contributed by atoms with E-state index < -0.39 is 11.4 Å². The summed E-state index contributed by atoms with van der Waals surface area (Å²) in [5.41, 5.74) is 6.35. The Morgan fingerprint density at radius 2 is 1.94 bits per heavy atom. The molecule has 33 heavy (non-hydrogen) atoms. The molecule has 0 aromatic heterocycles. The third kappa shape index (κ3) is 4.24. The summed E-state index contributed by atoms with van der Waals surface area (Å²) in [5, 5.41) is 3.12. The van der Waals surface area contributed by atoms with Gasteiger partial charge in [-0.2, -0.15) is 4.31 Å². The molecule has 3 unspecified atom stereocenters. The lowest BCUT2D eigenvalue weighted by atomic mass is 9.96. The SMILES string of the molecule is Cc1ccc(C(=O)Nc2ccc3c(c2)N([S+]([O-])C(C)(C)C)CC3)c(N2CCC3(C)CC3C2)c1. The summed E-state index contributed by atoms with van der Waals surface area (Å²) < 4.78 is 14.7. The molecule has 176 valence electrons. The van der Waals surface area contributed by atoms with E-state index in [2.05, 4.69) is 36.2 Å². The van der Waals surface area contributed by atoms with Crippen molar-refractivity contribution in [2.24, 2.45) is 11.3 Å². The van der Waals surface area contributed by atoms with Crippen molar-refractivity contribution in [3.05, 3.63) is 53.1 Å². The number of anilines is 3. The molecule has 2 fully saturated rings. The van der Waals surface area contributed by atoms with Crippen molar-refractivity contribution in [2.75, 3.05) is 34.2 Å². The highest BCUT2D eigenvalue weighted by molar-refractivity contribution is 7.94. The minimum atomic E-state index is -1.13. The van der Waals surface area contributed by atoms with Gasteiger partial charge in [0.1, 0.15) is 4.75 Å². The van der Waals surface area contributed by atoms with Gasteiger partial charge in [-0.15, -0.1) is 0 Å². The van der Waals surface area contributed by atoms with Crippen molar-refractivity contribution < 1.29 is 9.35 Å². The molecule has 1 saturated carbocycles. The Morgan fingerprint density at radius 1 is 1.15 bits per heavy atom. The maximum atomic E-state index is 13.4. The fourth-order valence-corrected chi connectivity index (χ4v) is 6.55. The predicted molar refractivity (Wildman–Crippen MR) is 138 cm³/mol. The maximum absolute atomic E-state index is 13.4. The number of fused-ring (bicyclic) bond motifs is 2. The van der Waals surface area contributed by atoms with E-state index in [0.717, 1.165) is 54.6 Å². The first-order valence-electron chi connectivity index (χ1n) is 12.0. The van der Waals surface area contributed by atoms with E-state index in [9.17, 15) is 9.35 Å². The summed E-state index contributed by atoms with van der Waals surface area (Å²) in [6.45, 7) is 13.2. The van der Waals surface area contributed by atoms with E-state index in [1.54, 1.807) is 0 Å². The first-order valence-corrected chi connectivity index (χ1v) is 13.2. The number of amides is 1. The van der Waals surface area contributed by atoms with Gasteiger partial charge < -0.3 is 14.8 Å². The van der Waals surface area contributed by atoms with Gasteiger partial charge in [0.25, 0.3) is 5.91 Å². The number of benzene rings is 2. The molecule has 2 aliphatic heterocycles. The molecule has 6 heteroatoms. The van der Waals surface area contributed by atoms with Crippen LogP contribution in [0.3, 0.4) is 0 Å². The number of hydrogen-bond acceptors (Lipinski definition) is 4. The van der Waals surface area contributed by atoms with Crippen LogP contribution in [-0.2, 0) is 17.8 Å². The molecule has 1 aliphatic carbocycles. The molecule has 1 saturated heterocycles. The first-order chi connectivity index (χ1) is 15.5. The van der Waals surface area contributed by atoms with Crippen molar-refractivity contribution in [3.8, 4) is 0 Å². The van der Waals surface area contributed by atoms with Gasteiger partial charge in [-0.25, -0.2) is 0 Å². The first kappa shape index (κ1) is 22.6. The molecule has 3 aliphatic rings. The standard InChI is InChI=1S/C27H35N3O2S/c1-18-6-9-22(24(14-18)29-13-11-27(5)16-20(27)17-29)25(31)28-21-8-7-19-10-12-30(23(19)15-21)33(32)26(2,3)4/h6-9,14-15,20H,10-13,16-17H2,1-5H3,(H,28,31). The predicted octanol–water partition coefficient (Wildman–Crippen LogP) is 5.31. The van der Waals surface area contributed by atoms with Gasteiger partial charge in [0.2, 0.25) is 0 Å². The Labute approximate surface area is 200 Å². The second-order valence-corrected chi connectivity index (χ2v) is 13.4. The van der Waals surface area contributed by atoms with E-state index in [-0.39, 0.29) is 10.7 Å². The Hall–Kier alpha value is -2.18.